The number of piperazine rings is 1. The van der Waals surface area contributed by atoms with Crippen molar-refractivity contribution < 1.29 is 19.1 Å². The number of hydrogen-bond acceptors (Lipinski definition) is 9. The molecule has 0 aliphatic carbocycles. The number of rotatable bonds is 9. The second kappa shape index (κ2) is 20.5. The Balaban J connectivity index is 0.000000183. The number of ether oxygens (including phenoxy) is 2. The molecule has 2 fully saturated rings. The Morgan fingerprint density at radius 2 is 1.10 bits per heavy atom. The third kappa shape index (κ3) is 12.3. The fourth-order valence-electron chi connectivity index (χ4n) is 5.50. The van der Waals surface area contributed by atoms with E-state index in [9.17, 15) is 9.59 Å². The van der Waals surface area contributed by atoms with Crippen LogP contribution in [-0.2, 0) is 9.59 Å². The van der Waals surface area contributed by atoms with Gasteiger partial charge in [-0.15, -0.1) is 11.6 Å². The fourth-order valence-corrected chi connectivity index (χ4v) is 5.57. The van der Waals surface area contributed by atoms with Gasteiger partial charge in [0.05, 0.1) is 32.1 Å². The van der Waals surface area contributed by atoms with E-state index < -0.39 is 0 Å². The van der Waals surface area contributed by atoms with Crippen LogP contribution in [0.3, 0.4) is 0 Å². The molecule has 2 amide bonds. The molecule has 4 heterocycles. The Bertz CT molecular complexity index is 1550. The number of carbonyl (C=O) groups excluding carboxylic acids is 2. The number of benzene rings is 2. The summed E-state index contributed by atoms with van der Waals surface area (Å²) in [4.78, 5) is 37.7. The first-order valence-electron chi connectivity index (χ1n) is 16.5. The van der Waals surface area contributed by atoms with E-state index in [-0.39, 0.29) is 17.7 Å². The lowest BCUT2D eigenvalue weighted by molar-refractivity contribution is -0.117. The van der Waals surface area contributed by atoms with Crippen LogP contribution in [0, 0.1) is 0 Å². The number of nitrogens with zero attached hydrogens (tertiary/aromatic N) is 5. The number of anilines is 4. The maximum Gasteiger partial charge on any atom is 0.240 e. The molecule has 0 bridgehead atoms. The second-order valence-corrected chi connectivity index (χ2v) is 11.6. The summed E-state index contributed by atoms with van der Waals surface area (Å²) in [6.07, 6.45) is 7.24. The van der Waals surface area contributed by atoms with Gasteiger partial charge in [-0.05, 0) is 67.8 Å². The lowest BCUT2D eigenvalue weighted by Gasteiger charge is -2.36. The van der Waals surface area contributed by atoms with Gasteiger partial charge in [-0.1, -0.05) is 36.4 Å². The molecule has 6 rings (SSSR count). The van der Waals surface area contributed by atoms with Gasteiger partial charge in [0.15, 0.2) is 0 Å². The van der Waals surface area contributed by atoms with E-state index >= 15 is 0 Å². The van der Waals surface area contributed by atoms with Crippen LogP contribution in [0.2, 0.25) is 0 Å². The maximum atomic E-state index is 12.1. The molecule has 2 saturated heterocycles. The van der Waals surface area contributed by atoms with E-state index in [0.717, 1.165) is 43.4 Å². The van der Waals surface area contributed by atoms with Gasteiger partial charge in [-0.25, -0.2) is 9.97 Å². The molecule has 2 aliphatic rings. The number of nitrogens with one attached hydrogen (secondary N) is 2. The van der Waals surface area contributed by atoms with E-state index in [1.807, 2.05) is 42.5 Å². The Morgan fingerprint density at radius 1 is 0.633 bits per heavy atom. The topological polar surface area (TPSA) is 112 Å². The fraction of sp³-hybridized carbons (Fsp3) is 0.351. The van der Waals surface area contributed by atoms with Crippen LogP contribution in [0.1, 0.15) is 19.3 Å². The van der Waals surface area contributed by atoms with E-state index in [4.69, 9.17) is 21.1 Å². The molecule has 0 saturated carbocycles. The summed E-state index contributed by atoms with van der Waals surface area (Å²) in [6, 6.07) is 27.0. The highest BCUT2D eigenvalue weighted by Gasteiger charge is 2.21. The van der Waals surface area contributed by atoms with Crippen LogP contribution in [0.5, 0.6) is 11.5 Å². The summed E-state index contributed by atoms with van der Waals surface area (Å²) in [6.45, 7) is 6.15. The number of aromatic nitrogens is 2. The van der Waals surface area contributed by atoms with Crippen molar-refractivity contribution in [2.75, 3.05) is 86.3 Å². The molecule has 0 radical (unpaired) electrons. The number of halogens is 1. The van der Waals surface area contributed by atoms with Crippen molar-refractivity contribution in [2.24, 2.45) is 0 Å². The molecule has 2 aromatic heterocycles. The van der Waals surface area contributed by atoms with Crippen LogP contribution < -0.4 is 29.9 Å². The SMILES string of the molecule is COc1ccccc1N1CCCCC1.COc1ccccc1N1CCN(CC(=O)Nc2ccccn2)CC1.O=C(CCl)Nc1ccccn1. The maximum absolute atomic E-state index is 12.1. The molecule has 49 heavy (non-hydrogen) atoms. The number of amides is 2. The van der Waals surface area contributed by atoms with Gasteiger partial charge >= 0.3 is 0 Å². The van der Waals surface area contributed by atoms with Crippen molar-refractivity contribution in [2.45, 2.75) is 19.3 Å². The molecule has 12 heteroatoms. The molecule has 2 aliphatic heterocycles. The van der Waals surface area contributed by atoms with Crippen LogP contribution in [0.25, 0.3) is 0 Å². The van der Waals surface area contributed by atoms with Crippen molar-refractivity contribution in [1.82, 2.24) is 14.9 Å². The Morgan fingerprint density at radius 3 is 1.57 bits per heavy atom. The third-order valence-corrected chi connectivity index (χ3v) is 8.18. The van der Waals surface area contributed by atoms with E-state index in [1.165, 1.54) is 38.0 Å². The smallest absolute Gasteiger partial charge is 0.240 e. The van der Waals surface area contributed by atoms with Crippen LogP contribution >= 0.6 is 11.6 Å². The van der Waals surface area contributed by atoms with E-state index in [2.05, 4.69) is 53.5 Å². The number of methoxy groups -OCH3 is 2. The van der Waals surface area contributed by atoms with Crippen molar-refractivity contribution >= 4 is 46.4 Å². The molecule has 260 valence electrons. The number of hydrogen-bond donors (Lipinski definition) is 2. The lowest BCUT2D eigenvalue weighted by atomic mass is 10.1. The van der Waals surface area contributed by atoms with Gasteiger partial charge < -0.3 is 29.9 Å². The summed E-state index contributed by atoms with van der Waals surface area (Å²) in [7, 11) is 3.43. The third-order valence-electron chi connectivity index (χ3n) is 7.93. The van der Waals surface area contributed by atoms with Crippen molar-refractivity contribution in [3.8, 4) is 11.5 Å². The number of carbonyl (C=O) groups is 2. The zero-order valence-electron chi connectivity index (χ0n) is 28.3. The highest BCUT2D eigenvalue weighted by Crippen LogP contribution is 2.30. The van der Waals surface area contributed by atoms with Crippen molar-refractivity contribution in [3.63, 3.8) is 0 Å². The standard InChI is InChI=1S/C18H22N4O2.C12H17NO.C7H7ClN2O/c1-24-16-7-3-2-6-15(16)22-12-10-21(11-13-22)14-18(23)20-17-8-4-5-9-19-17;1-14-12-8-4-3-7-11(12)13-9-5-2-6-10-13;8-5-7(11)10-6-3-1-2-4-9-6/h2-9H,10-14H2,1H3,(H,19,20,23);3-4,7-8H,2,5-6,9-10H2,1H3;1-4H,5H2,(H,9,10,11). The number of piperidine rings is 1. The number of para-hydroxylation sites is 4. The number of alkyl halides is 1. The Hall–Kier alpha value is -4.87. The monoisotopic (exact) mass is 687 g/mol. The highest BCUT2D eigenvalue weighted by atomic mass is 35.5. The van der Waals surface area contributed by atoms with Gasteiger partial charge in [0.2, 0.25) is 11.8 Å². The molecule has 0 spiro atoms. The minimum Gasteiger partial charge on any atom is -0.495 e. The van der Waals surface area contributed by atoms with Gasteiger partial charge in [0, 0.05) is 51.7 Å². The molecular weight excluding hydrogens is 642 g/mol. The quantitative estimate of drug-likeness (QED) is 0.211. The molecule has 2 N–H and O–H groups in total. The predicted molar refractivity (Wildman–Crippen MR) is 197 cm³/mol. The highest BCUT2D eigenvalue weighted by molar-refractivity contribution is 6.29. The van der Waals surface area contributed by atoms with E-state index in [1.54, 1.807) is 50.9 Å². The van der Waals surface area contributed by atoms with Crippen molar-refractivity contribution in [1.29, 1.82) is 0 Å². The molecule has 4 aromatic rings. The van der Waals surface area contributed by atoms with Gasteiger partial charge in [0.1, 0.15) is 29.0 Å². The van der Waals surface area contributed by atoms with Gasteiger partial charge in [-0.3, -0.25) is 14.5 Å². The second-order valence-electron chi connectivity index (χ2n) is 11.3. The van der Waals surface area contributed by atoms with E-state index in [0.29, 0.717) is 18.2 Å². The first-order valence-corrected chi connectivity index (χ1v) is 17.0. The molecule has 0 unspecified atom stereocenters. The molecule has 2 aromatic carbocycles. The molecule has 11 nitrogen and oxygen atoms in total. The lowest BCUT2D eigenvalue weighted by Crippen LogP contribution is -2.48. The minimum atomic E-state index is -0.245. The first-order chi connectivity index (χ1) is 24.0. The van der Waals surface area contributed by atoms with Crippen LogP contribution in [-0.4, -0.2) is 92.6 Å². The Kier molecular flexibility index (Phi) is 15.5. The van der Waals surface area contributed by atoms with Gasteiger partial charge in [-0.2, -0.15) is 0 Å². The molecular formula is C37H46ClN7O4. The number of pyridine rings is 2. The van der Waals surface area contributed by atoms with Crippen LogP contribution in [0.15, 0.2) is 97.3 Å². The minimum absolute atomic E-state index is 0.0283. The van der Waals surface area contributed by atoms with Crippen molar-refractivity contribution in [3.05, 3.63) is 97.3 Å². The van der Waals surface area contributed by atoms with Gasteiger partial charge in [0.25, 0.3) is 0 Å². The Labute approximate surface area is 294 Å². The zero-order chi connectivity index (χ0) is 34.7. The molecule has 0 atom stereocenters. The summed E-state index contributed by atoms with van der Waals surface area (Å²) < 4.78 is 10.8. The van der Waals surface area contributed by atoms with Crippen LogP contribution in [0.4, 0.5) is 23.0 Å². The summed E-state index contributed by atoms with van der Waals surface area (Å²) in [5, 5.41) is 5.33. The normalized spacial score (nSPS) is 14.3. The zero-order valence-corrected chi connectivity index (χ0v) is 29.0. The average molecular weight is 688 g/mol. The average Bonchev–Trinajstić information content (AvgIpc) is 3.16. The summed E-state index contributed by atoms with van der Waals surface area (Å²) in [5.41, 5.74) is 2.35. The summed E-state index contributed by atoms with van der Waals surface area (Å²) in [5.74, 6) is 2.68. The largest absolute Gasteiger partial charge is 0.495 e. The first kappa shape index (κ1) is 37.0. The summed E-state index contributed by atoms with van der Waals surface area (Å²) >= 11 is 5.26. The predicted octanol–water partition coefficient (Wildman–Crippen LogP) is 5.80.